The van der Waals surface area contributed by atoms with Crippen molar-refractivity contribution in [2.45, 2.75) is 52.1 Å². The standard InChI is InChI=1S/C20H29F2N3O3/c1-4-23-19(25-16-14-9-10-27-17(14)20(16,2)3)24-11-15(26)12-5-7-13(8-6-12)28-18(21)22/h5-8,14-18,26H,4,9-11H2,1-3H3,(H2,23,24,25). The van der Waals surface area contributed by atoms with E-state index in [-0.39, 0.29) is 29.9 Å². The van der Waals surface area contributed by atoms with Gasteiger partial charge in [0.15, 0.2) is 5.96 Å². The zero-order chi connectivity index (χ0) is 20.3. The Morgan fingerprint density at radius 1 is 1.36 bits per heavy atom. The smallest absolute Gasteiger partial charge is 0.387 e. The maximum atomic E-state index is 12.2. The van der Waals surface area contributed by atoms with Gasteiger partial charge in [0.1, 0.15) is 5.75 Å². The highest BCUT2D eigenvalue weighted by atomic mass is 19.3. The molecule has 1 heterocycles. The monoisotopic (exact) mass is 397 g/mol. The van der Waals surface area contributed by atoms with Crippen molar-refractivity contribution < 1.29 is 23.4 Å². The van der Waals surface area contributed by atoms with Crippen LogP contribution in [0, 0.1) is 11.3 Å². The fourth-order valence-electron chi connectivity index (χ4n) is 4.24. The fraction of sp³-hybridized carbons (Fsp3) is 0.650. The molecule has 1 aliphatic heterocycles. The largest absolute Gasteiger partial charge is 0.435 e. The molecule has 6 nitrogen and oxygen atoms in total. The molecular weight excluding hydrogens is 368 g/mol. The van der Waals surface area contributed by atoms with E-state index < -0.39 is 12.7 Å². The van der Waals surface area contributed by atoms with E-state index in [1.807, 2.05) is 6.92 Å². The number of aliphatic hydroxyl groups is 1. The first kappa shape index (κ1) is 20.8. The van der Waals surface area contributed by atoms with Crippen LogP contribution in [0.15, 0.2) is 29.3 Å². The van der Waals surface area contributed by atoms with Gasteiger partial charge >= 0.3 is 6.61 Å². The average molecular weight is 397 g/mol. The normalized spacial score (nSPS) is 27.1. The molecule has 4 unspecified atom stereocenters. The third kappa shape index (κ3) is 4.38. The summed E-state index contributed by atoms with van der Waals surface area (Å²) in [7, 11) is 0. The van der Waals surface area contributed by atoms with Crippen molar-refractivity contribution in [1.82, 2.24) is 10.6 Å². The summed E-state index contributed by atoms with van der Waals surface area (Å²) in [5.74, 6) is 1.19. The van der Waals surface area contributed by atoms with E-state index in [4.69, 9.17) is 4.74 Å². The molecule has 8 heteroatoms. The average Bonchev–Trinajstić information content (AvgIpc) is 3.11. The lowest BCUT2D eigenvalue weighted by molar-refractivity contribution is -0.106. The van der Waals surface area contributed by atoms with E-state index in [0.29, 0.717) is 24.0 Å². The second-order valence-electron chi connectivity index (χ2n) is 7.87. The van der Waals surface area contributed by atoms with E-state index in [2.05, 4.69) is 34.2 Å². The molecule has 156 valence electrons. The molecule has 0 amide bonds. The lowest BCUT2D eigenvalue weighted by atomic mass is 9.57. The van der Waals surface area contributed by atoms with Gasteiger partial charge in [-0.2, -0.15) is 8.78 Å². The van der Waals surface area contributed by atoms with Crippen LogP contribution in [0.2, 0.25) is 0 Å². The minimum Gasteiger partial charge on any atom is -0.435 e. The first-order valence-corrected chi connectivity index (χ1v) is 9.72. The second kappa shape index (κ2) is 8.61. The van der Waals surface area contributed by atoms with E-state index in [1.165, 1.54) is 12.1 Å². The number of nitrogens with one attached hydrogen (secondary N) is 2. The van der Waals surface area contributed by atoms with Crippen molar-refractivity contribution in [2.75, 3.05) is 19.7 Å². The highest BCUT2D eigenvalue weighted by Crippen LogP contribution is 2.52. The lowest BCUT2D eigenvalue weighted by Gasteiger charge is -2.54. The molecule has 1 saturated heterocycles. The SMILES string of the molecule is CCNC(=NCC(O)c1ccc(OC(F)F)cc1)NC1C2CCOC2C1(C)C. The van der Waals surface area contributed by atoms with Gasteiger partial charge in [0.05, 0.1) is 18.8 Å². The fourth-order valence-corrected chi connectivity index (χ4v) is 4.24. The summed E-state index contributed by atoms with van der Waals surface area (Å²) >= 11 is 0. The van der Waals surface area contributed by atoms with Crippen LogP contribution in [-0.4, -0.2) is 49.5 Å². The summed E-state index contributed by atoms with van der Waals surface area (Å²) in [6, 6.07) is 6.21. The van der Waals surface area contributed by atoms with Crippen LogP contribution in [0.3, 0.4) is 0 Å². The topological polar surface area (TPSA) is 75.1 Å². The van der Waals surface area contributed by atoms with Crippen molar-refractivity contribution in [1.29, 1.82) is 0 Å². The number of hydrogen-bond donors (Lipinski definition) is 3. The lowest BCUT2D eigenvalue weighted by Crippen LogP contribution is -2.68. The Morgan fingerprint density at radius 3 is 2.71 bits per heavy atom. The van der Waals surface area contributed by atoms with Gasteiger partial charge in [-0.3, -0.25) is 4.99 Å². The van der Waals surface area contributed by atoms with Crippen molar-refractivity contribution in [3.8, 4) is 5.75 Å². The first-order valence-electron chi connectivity index (χ1n) is 9.72. The zero-order valence-electron chi connectivity index (χ0n) is 16.5. The maximum absolute atomic E-state index is 12.2. The Kier molecular flexibility index (Phi) is 6.40. The number of aliphatic imine (C=N–C) groups is 1. The summed E-state index contributed by atoms with van der Waals surface area (Å²) in [4.78, 5) is 4.51. The number of hydrogen-bond acceptors (Lipinski definition) is 4. The van der Waals surface area contributed by atoms with Crippen LogP contribution in [0.5, 0.6) is 5.75 Å². The number of benzene rings is 1. The molecule has 2 fully saturated rings. The summed E-state index contributed by atoms with van der Waals surface area (Å²) in [5, 5.41) is 17.1. The number of alkyl halides is 2. The van der Waals surface area contributed by atoms with Crippen LogP contribution in [0.4, 0.5) is 8.78 Å². The number of ether oxygens (including phenoxy) is 2. The Hall–Kier alpha value is -1.93. The van der Waals surface area contributed by atoms with E-state index in [0.717, 1.165) is 13.0 Å². The predicted octanol–water partition coefficient (Wildman–Crippen LogP) is 2.69. The van der Waals surface area contributed by atoms with Gasteiger partial charge in [0.25, 0.3) is 0 Å². The Labute approximate surface area is 164 Å². The summed E-state index contributed by atoms with van der Waals surface area (Å²) in [6.07, 6.45) is 0.487. The number of nitrogens with zero attached hydrogens (tertiary/aromatic N) is 1. The van der Waals surface area contributed by atoms with Crippen LogP contribution in [-0.2, 0) is 4.74 Å². The predicted molar refractivity (Wildman–Crippen MR) is 103 cm³/mol. The van der Waals surface area contributed by atoms with Gasteiger partial charge in [-0.15, -0.1) is 0 Å². The third-order valence-corrected chi connectivity index (χ3v) is 5.65. The van der Waals surface area contributed by atoms with Crippen LogP contribution < -0.4 is 15.4 Å². The highest BCUT2D eigenvalue weighted by Gasteiger charge is 2.59. The minimum absolute atomic E-state index is 0.0243. The summed E-state index contributed by atoms with van der Waals surface area (Å²) in [5.41, 5.74) is 0.616. The summed E-state index contributed by atoms with van der Waals surface area (Å²) < 4.78 is 34.6. The van der Waals surface area contributed by atoms with Gasteiger partial charge in [-0.25, -0.2) is 0 Å². The number of fused-ring (bicyclic) bond motifs is 1. The summed E-state index contributed by atoms with van der Waals surface area (Å²) in [6.45, 7) is 5.17. The minimum atomic E-state index is -2.87. The molecular formula is C20H29F2N3O3. The first-order chi connectivity index (χ1) is 13.3. The molecule has 2 aliphatic rings. The maximum Gasteiger partial charge on any atom is 0.387 e. The molecule has 0 aromatic heterocycles. The Morgan fingerprint density at radius 2 is 2.07 bits per heavy atom. The van der Waals surface area contributed by atoms with Crippen LogP contribution in [0.1, 0.15) is 38.9 Å². The molecule has 28 heavy (non-hydrogen) atoms. The molecule has 3 N–H and O–H groups in total. The van der Waals surface area contributed by atoms with E-state index in [1.54, 1.807) is 12.1 Å². The molecule has 1 aliphatic carbocycles. The zero-order valence-corrected chi connectivity index (χ0v) is 16.5. The molecule has 0 spiro atoms. The van der Waals surface area contributed by atoms with Gasteiger partial charge in [-0.05, 0) is 31.0 Å². The van der Waals surface area contributed by atoms with Gasteiger partial charge < -0.3 is 25.2 Å². The molecule has 0 bridgehead atoms. The van der Waals surface area contributed by atoms with Crippen molar-refractivity contribution >= 4 is 5.96 Å². The molecule has 4 atom stereocenters. The van der Waals surface area contributed by atoms with Gasteiger partial charge in [0.2, 0.25) is 0 Å². The molecule has 1 saturated carbocycles. The van der Waals surface area contributed by atoms with Crippen molar-refractivity contribution in [3.05, 3.63) is 29.8 Å². The molecule has 1 aromatic rings. The number of guanidine groups is 1. The van der Waals surface area contributed by atoms with Gasteiger partial charge in [-0.1, -0.05) is 26.0 Å². The quantitative estimate of drug-likeness (QED) is 0.487. The number of rotatable bonds is 7. The van der Waals surface area contributed by atoms with Gasteiger partial charge in [0, 0.05) is 30.5 Å². The van der Waals surface area contributed by atoms with Crippen molar-refractivity contribution in [2.24, 2.45) is 16.3 Å². The van der Waals surface area contributed by atoms with Crippen LogP contribution >= 0.6 is 0 Å². The Bertz CT molecular complexity index is 682. The van der Waals surface area contributed by atoms with E-state index in [9.17, 15) is 13.9 Å². The Balaban J connectivity index is 1.61. The van der Waals surface area contributed by atoms with Crippen molar-refractivity contribution in [3.63, 3.8) is 0 Å². The number of halogens is 2. The third-order valence-electron chi connectivity index (χ3n) is 5.65. The highest BCUT2D eigenvalue weighted by molar-refractivity contribution is 5.80. The number of aliphatic hydroxyl groups excluding tert-OH is 1. The molecule has 1 aromatic carbocycles. The molecule has 3 rings (SSSR count). The second-order valence-corrected chi connectivity index (χ2v) is 7.87. The van der Waals surface area contributed by atoms with Crippen LogP contribution in [0.25, 0.3) is 0 Å². The molecule has 0 radical (unpaired) electrons. The van der Waals surface area contributed by atoms with E-state index >= 15 is 0 Å².